The van der Waals surface area contributed by atoms with E-state index in [1.807, 2.05) is 43.3 Å². The molecule has 0 saturated heterocycles. The van der Waals surface area contributed by atoms with Crippen molar-refractivity contribution in [2.45, 2.75) is 11.8 Å². The summed E-state index contributed by atoms with van der Waals surface area (Å²) in [6.45, 7) is 1.82. The Hall–Kier alpha value is -3.06. The zero-order chi connectivity index (χ0) is 19.7. The van der Waals surface area contributed by atoms with Crippen LogP contribution in [0.15, 0.2) is 65.6 Å². The quantitative estimate of drug-likeness (QED) is 0.471. The summed E-state index contributed by atoms with van der Waals surface area (Å²) in [5.41, 5.74) is 1.57. The number of nitrogens with zero attached hydrogens (tertiary/aromatic N) is 1. The molecule has 0 aromatic heterocycles. The lowest BCUT2D eigenvalue weighted by Crippen LogP contribution is -2.34. The highest BCUT2D eigenvalue weighted by atomic mass is 32.2. The maximum Gasteiger partial charge on any atom is 0.326 e. The molecule has 0 saturated carbocycles. The van der Waals surface area contributed by atoms with Crippen molar-refractivity contribution in [3.63, 3.8) is 0 Å². The second kappa shape index (κ2) is 7.16. The van der Waals surface area contributed by atoms with Crippen molar-refractivity contribution in [3.05, 3.63) is 66.2 Å². The zero-order valence-electron chi connectivity index (χ0n) is 15.3. The molecule has 0 N–H and O–H groups in total. The van der Waals surface area contributed by atoms with E-state index in [2.05, 4.69) is 0 Å². The molecule has 28 heavy (non-hydrogen) atoms. The van der Waals surface area contributed by atoms with Gasteiger partial charge in [-0.25, -0.2) is 8.42 Å². The van der Waals surface area contributed by atoms with Crippen LogP contribution in [0.4, 0.5) is 5.69 Å². The number of ether oxygens (including phenoxy) is 2. The number of esters is 1. The van der Waals surface area contributed by atoms with Gasteiger partial charge in [-0.2, -0.15) is 0 Å². The summed E-state index contributed by atoms with van der Waals surface area (Å²) in [7, 11) is -3.77. The highest BCUT2D eigenvalue weighted by Gasteiger charge is 2.36. The molecule has 0 atom stereocenters. The number of carbonyl (C=O) groups excluding carboxylic acids is 1. The van der Waals surface area contributed by atoms with Crippen molar-refractivity contribution in [3.8, 4) is 5.75 Å². The van der Waals surface area contributed by atoms with Crippen LogP contribution in [-0.2, 0) is 19.6 Å². The molecule has 1 aliphatic heterocycles. The summed E-state index contributed by atoms with van der Waals surface area (Å²) in [5, 5.41) is 1.46. The maximum absolute atomic E-state index is 12.8. The molecular formula is C21H19NO5S. The van der Waals surface area contributed by atoms with Gasteiger partial charge in [0.15, 0.2) is 0 Å². The normalized spacial score (nSPS) is 14.2. The predicted molar refractivity (Wildman–Crippen MR) is 106 cm³/mol. The fourth-order valence-corrected chi connectivity index (χ4v) is 4.97. The number of rotatable bonds is 6. The minimum Gasteiger partial charge on any atom is -0.490 e. The van der Waals surface area contributed by atoms with Gasteiger partial charge in [-0.05, 0) is 42.1 Å². The van der Waals surface area contributed by atoms with Crippen LogP contribution in [0.2, 0.25) is 0 Å². The molecule has 3 aromatic rings. The SMILES string of the molecule is Cc1cccc(OCCOC(=O)CN2c3cccc4cccc(c34)S2(=O)=O)c1. The van der Waals surface area contributed by atoms with Crippen LogP contribution in [0.5, 0.6) is 5.75 Å². The fraction of sp³-hybridized carbons (Fsp3) is 0.190. The van der Waals surface area contributed by atoms with E-state index in [-0.39, 0.29) is 24.7 Å². The van der Waals surface area contributed by atoms with E-state index in [9.17, 15) is 13.2 Å². The lowest BCUT2D eigenvalue weighted by Gasteiger charge is -2.17. The van der Waals surface area contributed by atoms with Gasteiger partial charge >= 0.3 is 5.97 Å². The van der Waals surface area contributed by atoms with Crippen LogP contribution < -0.4 is 9.04 Å². The van der Waals surface area contributed by atoms with Gasteiger partial charge in [0.1, 0.15) is 25.5 Å². The maximum atomic E-state index is 12.8. The van der Waals surface area contributed by atoms with Crippen molar-refractivity contribution in [1.82, 2.24) is 0 Å². The Bertz CT molecular complexity index is 1150. The summed E-state index contributed by atoms with van der Waals surface area (Å²) in [4.78, 5) is 12.5. The van der Waals surface area contributed by atoms with Crippen molar-refractivity contribution in [2.24, 2.45) is 0 Å². The average Bonchev–Trinajstić information content (AvgIpc) is 2.89. The second-order valence-electron chi connectivity index (χ2n) is 6.53. The van der Waals surface area contributed by atoms with Gasteiger partial charge < -0.3 is 9.47 Å². The van der Waals surface area contributed by atoms with Crippen molar-refractivity contribution >= 4 is 32.5 Å². The Labute approximate surface area is 163 Å². The van der Waals surface area contributed by atoms with Crippen LogP contribution in [0, 0.1) is 6.92 Å². The highest BCUT2D eigenvalue weighted by Crippen LogP contribution is 2.41. The van der Waals surface area contributed by atoms with Gasteiger partial charge in [-0.15, -0.1) is 0 Å². The molecule has 0 fully saturated rings. The van der Waals surface area contributed by atoms with Crippen LogP contribution in [-0.4, -0.2) is 34.1 Å². The van der Waals surface area contributed by atoms with Crippen LogP contribution >= 0.6 is 0 Å². The molecule has 144 valence electrons. The van der Waals surface area contributed by atoms with Crippen molar-refractivity contribution < 1.29 is 22.7 Å². The monoisotopic (exact) mass is 397 g/mol. The number of hydrogen-bond acceptors (Lipinski definition) is 5. The van der Waals surface area contributed by atoms with E-state index in [1.54, 1.807) is 24.3 Å². The van der Waals surface area contributed by atoms with E-state index in [1.165, 1.54) is 0 Å². The van der Waals surface area contributed by atoms with Crippen LogP contribution in [0.25, 0.3) is 10.8 Å². The molecule has 1 aliphatic rings. The first-order chi connectivity index (χ1) is 13.5. The molecule has 7 heteroatoms. The van der Waals surface area contributed by atoms with Crippen molar-refractivity contribution in [1.29, 1.82) is 0 Å². The van der Waals surface area contributed by atoms with Gasteiger partial charge in [-0.3, -0.25) is 9.10 Å². The summed E-state index contributed by atoms with van der Waals surface area (Å²) in [6.07, 6.45) is 0. The van der Waals surface area contributed by atoms with Crippen LogP contribution in [0.1, 0.15) is 5.56 Å². The second-order valence-corrected chi connectivity index (χ2v) is 8.36. The van der Waals surface area contributed by atoms with Gasteiger partial charge in [0, 0.05) is 5.39 Å². The third-order valence-electron chi connectivity index (χ3n) is 4.56. The Morgan fingerprint density at radius 1 is 1.00 bits per heavy atom. The minimum atomic E-state index is -3.77. The van der Waals surface area contributed by atoms with E-state index in [4.69, 9.17) is 9.47 Å². The Morgan fingerprint density at radius 2 is 1.75 bits per heavy atom. The fourth-order valence-electron chi connectivity index (χ4n) is 3.31. The summed E-state index contributed by atoms with van der Waals surface area (Å²) in [5.74, 6) is 0.0709. The molecule has 1 heterocycles. The first-order valence-electron chi connectivity index (χ1n) is 8.86. The molecule has 0 unspecified atom stereocenters. The molecule has 3 aromatic carbocycles. The number of aryl methyl sites for hydroxylation is 1. The van der Waals surface area contributed by atoms with E-state index >= 15 is 0 Å². The number of hydrogen-bond donors (Lipinski definition) is 0. The number of carbonyl (C=O) groups is 1. The largest absolute Gasteiger partial charge is 0.490 e. The third-order valence-corrected chi connectivity index (χ3v) is 6.36. The first kappa shape index (κ1) is 18.3. The molecule has 0 amide bonds. The van der Waals surface area contributed by atoms with Crippen molar-refractivity contribution in [2.75, 3.05) is 24.1 Å². The number of sulfonamides is 1. The Morgan fingerprint density at radius 3 is 2.54 bits per heavy atom. The molecule has 0 radical (unpaired) electrons. The number of benzene rings is 3. The lowest BCUT2D eigenvalue weighted by molar-refractivity contribution is -0.142. The Balaban J connectivity index is 1.41. The molecular weight excluding hydrogens is 378 g/mol. The lowest BCUT2D eigenvalue weighted by atomic mass is 10.1. The smallest absolute Gasteiger partial charge is 0.326 e. The van der Waals surface area contributed by atoms with Gasteiger partial charge in [0.2, 0.25) is 0 Å². The van der Waals surface area contributed by atoms with E-state index in [0.717, 1.165) is 15.3 Å². The topological polar surface area (TPSA) is 72.9 Å². The first-order valence-corrected chi connectivity index (χ1v) is 10.3. The van der Waals surface area contributed by atoms with Gasteiger partial charge in [0.25, 0.3) is 10.0 Å². The summed E-state index contributed by atoms with van der Waals surface area (Å²) < 4.78 is 37.5. The molecule has 0 aliphatic carbocycles. The third kappa shape index (κ3) is 3.29. The average molecular weight is 397 g/mol. The van der Waals surface area contributed by atoms with E-state index in [0.29, 0.717) is 16.8 Å². The summed E-state index contributed by atoms with van der Waals surface area (Å²) in [6, 6.07) is 18.0. The minimum absolute atomic E-state index is 0.0395. The Kier molecular flexibility index (Phi) is 4.68. The predicted octanol–water partition coefficient (Wildman–Crippen LogP) is 3.28. The molecule has 0 spiro atoms. The van der Waals surface area contributed by atoms with Gasteiger partial charge in [-0.1, -0.05) is 36.4 Å². The number of anilines is 1. The standard InChI is InChI=1S/C21H19NO5S/c1-15-5-2-8-17(13-15)26-11-12-27-20(23)14-22-18-9-3-6-16-7-4-10-19(21(16)18)28(22,24)25/h2-10,13H,11-12,14H2,1H3. The van der Waals surface area contributed by atoms with E-state index < -0.39 is 16.0 Å². The van der Waals surface area contributed by atoms with Gasteiger partial charge in [0.05, 0.1) is 10.6 Å². The molecule has 0 bridgehead atoms. The molecule has 4 rings (SSSR count). The van der Waals surface area contributed by atoms with Crippen LogP contribution in [0.3, 0.4) is 0 Å². The molecule has 6 nitrogen and oxygen atoms in total. The zero-order valence-corrected chi connectivity index (χ0v) is 16.1. The summed E-state index contributed by atoms with van der Waals surface area (Å²) >= 11 is 0. The highest BCUT2D eigenvalue weighted by molar-refractivity contribution is 7.93.